The van der Waals surface area contributed by atoms with Gasteiger partial charge in [-0.05, 0) is 18.2 Å². The molecule has 0 unspecified atom stereocenters. The Bertz CT molecular complexity index is 969. The Labute approximate surface area is 159 Å². The van der Waals surface area contributed by atoms with E-state index in [4.69, 9.17) is 16.3 Å². The minimum absolute atomic E-state index is 0.0839. The maximum atomic E-state index is 13.6. The smallest absolute Gasteiger partial charge is 0.419 e. The summed E-state index contributed by atoms with van der Waals surface area (Å²) in [5.74, 6) is -3.14. The molecule has 12 heteroatoms. The molecule has 3 aromatic rings. The summed E-state index contributed by atoms with van der Waals surface area (Å²) < 4.78 is 71.0. The van der Waals surface area contributed by atoms with E-state index >= 15 is 0 Å². The molecule has 0 N–H and O–H groups in total. The van der Waals surface area contributed by atoms with E-state index < -0.39 is 17.7 Å². The first-order valence-corrected chi connectivity index (χ1v) is 8.03. The number of hydrogen-bond donors (Lipinski definition) is 0. The highest BCUT2D eigenvalue weighted by atomic mass is 35.5. The van der Waals surface area contributed by atoms with Gasteiger partial charge in [-0.25, -0.2) is 23.4 Å². The molecule has 0 aliphatic rings. The number of alkyl halides is 5. The van der Waals surface area contributed by atoms with Gasteiger partial charge in [-0.3, -0.25) is 0 Å². The van der Waals surface area contributed by atoms with E-state index in [1.807, 2.05) is 0 Å². The van der Waals surface area contributed by atoms with Crippen LogP contribution in [0.3, 0.4) is 0 Å². The second-order valence-electron chi connectivity index (χ2n) is 5.75. The van der Waals surface area contributed by atoms with Crippen LogP contribution in [0.1, 0.15) is 23.7 Å². The van der Waals surface area contributed by atoms with Crippen molar-refractivity contribution in [3.8, 4) is 11.7 Å². The molecule has 148 valence electrons. The van der Waals surface area contributed by atoms with Crippen molar-refractivity contribution in [3.63, 3.8) is 0 Å². The third-order valence-electron chi connectivity index (χ3n) is 3.53. The van der Waals surface area contributed by atoms with Gasteiger partial charge in [0, 0.05) is 29.9 Å². The molecule has 0 saturated heterocycles. The molecule has 28 heavy (non-hydrogen) atoms. The topological polar surface area (TPSA) is 65.7 Å². The van der Waals surface area contributed by atoms with Gasteiger partial charge in [0.1, 0.15) is 12.3 Å². The van der Waals surface area contributed by atoms with Gasteiger partial charge in [0.15, 0.2) is 0 Å². The summed E-state index contributed by atoms with van der Waals surface area (Å²) >= 11 is 5.80. The maximum absolute atomic E-state index is 13.6. The molecule has 0 atom stereocenters. The Morgan fingerprint density at radius 1 is 1.11 bits per heavy atom. The summed E-state index contributed by atoms with van der Waals surface area (Å²) in [5.41, 5.74) is -0.788. The molecule has 3 rings (SSSR count). The highest BCUT2D eigenvalue weighted by Gasteiger charge is 2.31. The van der Waals surface area contributed by atoms with Crippen LogP contribution in [0, 0.1) is 0 Å². The Hall–Kier alpha value is -2.82. The standard InChI is InChI=1S/C16H11ClF5N5O/c1-15(18,19)12-4-11(2-3-13(12)17)27-7-10(25-26-27)8-28-14-23-5-9(6-24-14)16(20,21)22/h2-7H,8H2,1H3. The van der Waals surface area contributed by atoms with E-state index in [2.05, 4.69) is 20.3 Å². The molecule has 0 saturated carbocycles. The number of rotatable bonds is 5. The lowest BCUT2D eigenvalue weighted by molar-refractivity contribution is -0.138. The first kappa shape index (κ1) is 19.9. The quantitative estimate of drug-likeness (QED) is 0.573. The molecule has 0 amide bonds. The first-order valence-electron chi connectivity index (χ1n) is 7.65. The fourth-order valence-electron chi connectivity index (χ4n) is 2.16. The monoisotopic (exact) mass is 419 g/mol. The molecule has 0 aliphatic carbocycles. The van der Waals surface area contributed by atoms with Crippen molar-refractivity contribution >= 4 is 11.6 Å². The molecule has 0 bridgehead atoms. The average molecular weight is 420 g/mol. The SMILES string of the molecule is CC(F)(F)c1cc(-n2cc(COc3ncc(C(F)(F)F)cn3)nn2)ccc1Cl. The third-order valence-corrected chi connectivity index (χ3v) is 3.86. The Morgan fingerprint density at radius 2 is 1.79 bits per heavy atom. The van der Waals surface area contributed by atoms with E-state index in [9.17, 15) is 22.0 Å². The van der Waals surface area contributed by atoms with Crippen molar-refractivity contribution in [2.75, 3.05) is 0 Å². The average Bonchev–Trinajstić information content (AvgIpc) is 3.08. The van der Waals surface area contributed by atoms with E-state index in [1.54, 1.807) is 0 Å². The summed E-state index contributed by atoms with van der Waals surface area (Å²) in [6.45, 7) is 0.540. The maximum Gasteiger partial charge on any atom is 0.419 e. The van der Waals surface area contributed by atoms with Gasteiger partial charge in [0.05, 0.1) is 17.4 Å². The molecule has 0 radical (unpaired) electrons. The van der Waals surface area contributed by atoms with Crippen molar-refractivity contribution < 1.29 is 26.7 Å². The summed E-state index contributed by atoms with van der Waals surface area (Å²) in [6.07, 6.45) is -1.95. The number of hydrogen-bond acceptors (Lipinski definition) is 5. The van der Waals surface area contributed by atoms with Crippen LogP contribution in [0.5, 0.6) is 6.01 Å². The molecule has 2 heterocycles. The highest BCUT2D eigenvalue weighted by molar-refractivity contribution is 6.31. The zero-order valence-corrected chi connectivity index (χ0v) is 14.8. The zero-order valence-electron chi connectivity index (χ0n) is 14.1. The van der Waals surface area contributed by atoms with Crippen LogP contribution in [0.2, 0.25) is 5.02 Å². The van der Waals surface area contributed by atoms with E-state index in [0.717, 1.165) is 6.92 Å². The van der Waals surface area contributed by atoms with Crippen LogP contribution in [0.4, 0.5) is 22.0 Å². The summed E-state index contributed by atoms with van der Waals surface area (Å²) in [5, 5.41) is 7.53. The van der Waals surface area contributed by atoms with Crippen LogP contribution in [-0.2, 0) is 18.7 Å². The first-order chi connectivity index (χ1) is 13.0. The van der Waals surface area contributed by atoms with Gasteiger partial charge < -0.3 is 4.74 Å². The van der Waals surface area contributed by atoms with Crippen LogP contribution < -0.4 is 4.74 Å². The van der Waals surface area contributed by atoms with Crippen molar-refractivity contribution in [2.45, 2.75) is 25.6 Å². The minimum atomic E-state index is -4.55. The molecule has 0 fully saturated rings. The Kier molecular flexibility index (Phi) is 5.20. The van der Waals surface area contributed by atoms with Gasteiger partial charge in [-0.2, -0.15) is 13.2 Å². The number of benzene rings is 1. The summed E-state index contributed by atoms with van der Waals surface area (Å²) in [6, 6.07) is 3.70. The number of halogens is 6. The fraction of sp³-hybridized carbons (Fsp3) is 0.250. The Balaban J connectivity index is 1.71. The molecule has 6 nitrogen and oxygen atoms in total. The number of ether oxygens (including phenoxy) is 1. The summed E-state index contributed by atoms with van der Waals surface area (Å²) in [4.78, 5) is 6.93. The van der Waals surface area contributed by atoms with Gasteiger partial charge >= 0.3 is 12.2 Å². The van der Waals surface area contributed by atoms with Crippen molar-refractivity contribution in [1.82, 2.24) is 25.0 Å². The predicted octanol–water partition coefficient (Wildman–Crippen LogP) is 4.42. The van der Waals surface area contributed by atoms with E-state index in [-0.39, 0.29) is 28.9 Å². The molecule has 1 aromatic carbocycles. The lowest BCUT2D eigenvalue weighted by Gasteiger charge is -2.13. The van der Waals surface area contributed by atoms with Gasteiger partial charge in [0.25, 0.3) is 5.92 Å². The van der Waals surface area contributed by atoms with Crippen LogP contribution >= 0.6 is 11.6 Å². The number of aromatic nitrogens is 5. The lowest BCUT2D eigenvalue weighted by Crippen LogP contribution is -2.09. The van der Waals surface area contributed by atoms with Crippen molar-refractivity contribution in [1.29, 1.82) is 0 Å². The fourth-order valence-corrected chi connectivity index (χ4v) is 2.44. The van der Waals surface area contributed by atoms with Crippen LogP contribution in [0.15, 0.2) is 36.8 Å². The zero-order chi connectivity index (χ0) is 20.5. The minimum Gasteiger partial charge on any atom is -0.457 e. The largest absolute Gasteiger partial charge is 0.457 e. The van der Waals surface area contributed by atoms with Crippen molar-refractivity contribution in [3.05, 3.63) is 58.6 Å². The molecule has 0 aliphatic heterocycles. The van der Waals surface area contributed by atoms with Gasteiger partial charge in [-0.1, -0.05) is 16.8 Å². The second-order valence-corrected chi connectivity index (χ2v) is 6.15. The molecular formula is C16H11ClF5N5O. The van der Waals surface area contributed by atoms with Crippen molar-refractivity contribution in [2.24, 2.45) is 0 Å². The normalized spacial score (nSPS) is 12.2. The Morgan fingerprint density at radius 3 is 2.39 bits per heavy atom. The van der Waals surface area contributed by atoms with Crippen LogP contribution in [-0.4, -0.2) is 25.0 Å². The third kappa shape index (κ3) is 4.53. The molecular weight excluding hydrogens is 409 g/mol. The number of nitrogens with zero attached hydrogens (tertiary/aromatic N) is 5. The van der Waals surface area contributed by atoms with Gasteiger partial charge in [-0.15, -0.1) is 5.10 Å². The van der Waals surface area contributed by atoms with Crippen LogP contribution in [0.25, 0.3) is 5.69 Å². The predicted molar refractivity (Wildman–Crippen MR) is 87.3 cm³/mol. The highest BCUT2D eigenvalue weighted by Crippen LogP contribution is 2.34. The summed E-state index contributed by atoms with van der Waals surface area (Å²) in [7, 11) is 0. The lowest BCUT2D eigenvalue weighted by atomic mass is 10.1. The van der Waals surface area contributed by atoms with E-state index in [1.165, 1.54) is 29.1 Å². The second kappa shape index (κ2) is 7.30. The molecule has 0 spiro atoms. The molecule has 2 aromatic heterocycles. The van der Waals surface area contributed by atoms with E-state index in [0.29, 0.717) is 18.1 Å². The van der Waals surface area contributed by atoms with Gasteiger partial charge in [0.2, 0.25) is 0 Å².